The molecular formula is C36H59NO3. The van der Waals surface area contributed by atoms with Crippen molar-refractivity contribution in [1.82, 2.24) is 5.32 Å². The summed E-state index contributed by atoms with van der Waals surface area (Å²) in [6.45, 7) is 15.9. The number of allylic oxidation sites excluding steroid dienone is 4. The maximum absolute atomic E-state index is 11.4. The van der Waals surface area contributed by atoms with Crippen LogP contribution in [0.25, 0.3) is 0 Å². The number of aliphatic hydroxyl groups is 1. The molecule has 0 radical (unpaired) electrons. The number of carbonyl (C=O) groups is 1. The van der Waals surface area contributed by atoms with Crippen LogP contribution in [-0.4, -0.2) is 34.9 Å². The van der Waals surface area contributed by atoms with E-state index < -0.39 is 5.97 Å². The molecule has 0 spiro atoms. The fraction of sp³-hybridized carbons (Fsp3) is 0.861. The van der Waals surface area contributed by atoms with Crippen LogP contribution in [0.5, 0.6) is 0 Å². The Labute approximate surface area is 244 Å². The van der Waals surface area contributed by atoms with Crippen molar-refractivity contribution in [2.45, 2.75) is 131 Å². The van der Waals surface area contributed by atoms with Crippen molar-refractivity contribution in [3.05, 3.63) is 23.3 Å². The van der Waals surface area contributed by atoms with Crippen molar-refractivity contribution in [3.8, 4) is 0 Å². The van der Waals surface area contributed by atoms with Gasteiger partial charge < -0.3 is 15.5 Å². The molecule has 9 atom stereocenters. The van der Waals surface area contributed by atoms with Gasteiger partial charge in [0, 0.05) is 25.1 Å². The predicted molar refractivity (Wildman–Crippen MR) is 164 cm³/mol. The van der Waals surface area contributed by atoms with Gasteiger partial charge in [-0.3, -0.25) is 4.79 Å². The maximum atomic E-state index is 11.4. The zero-order chi connectivity index (χ0) is 28.9. The lowest BCUT2D eigenvalue weighted by Crippen LogP contribution is -2.63. The standard InChI is InChI=1S/C36H59NO3/c1-7-9-25(11-14-32(39)40)27-15-19-35(6)30(33(27,3)4)17-20-34(5)28-16-21-36(37-22-24(2)23-38)18-8-10-29(36)26(28)12-13-31(34)35/h9,15,24,26,28-31,37-38H,7-8,10-14,16-23H2,1-6H3,(H,39,40)/b25-9+/t24?,26?,28?,29-,30?,31?,34?,35?,36?/m1/s1. The van der Waals surface area contributed by atoms with Gasteiger partial charge in [-0.05, 0) is 134 Å². The van der Waals surface area contributed by atoms with Crippen LogP contribution in [0.15, 0.2) is 23.3 Å². The number of aliphatic carboxylic acids is 1. The van der Waals surface area contributed by atoms with Crippen LogP contribution in [-0.2, 0) is 4.79 Å². The van der Waals surface area contributed by atoms with Crippen molar-refractivity contribution in [2.75, 3.05) is 13.2 Å². The normalized spacial score (nSPS) is 43.1. The molecule has 0 amide bonds. The molecule has 40 heavy (non-hydrogen) atoms. The van der Waals surface area contributed by atoms with Gasteiger partial charge in [-0.2, -0.15) is 0 Å². The molecule has 0 heterocycles. The van der Waals surface area contributed by atoms with Crippen LogP contribution >= 0.6 is 0 Å². The second-order valence-electron chi connectivity index (χ2n) is 15.9. The number of aliphatic hydroxyl groups excluding tert-OH is 1. The predicted octanol–water partition coefficient (Wildman–Crippen LogP) is 8.16. The van der Waals surface area contributed by atoms with Gasteiger partial charge in [0.1, 0.15) is 0 Å². The first-order chi connectivity index (χ1) is 18.9. The van der Waals surface area contributed by atoms with Gasteiger partial charge in [0.15, 0.2) is 0 Å². The van der Waals surface area contributed by atoms with Crippen LogP contribution in [0.4, 0.5) is 0 Å². The van der Waals surface area contributed by atoms with Crippen LogP contribution in [0.3, 0.4) is 0 Å². The highest BCUT2D eigenvalue weighted by molar-refractivity contribution is 5.67. The summed E-state index contributed by atoms with van der Waals surface area (Å²) in [4.78, 5) is 11.4. The summed E-state index contributed by atoms with van der Waals surface area (Å²) in [5.41, 5.74) is 3.87. The molecule has 8 unspecified atom stereocenters. The average Bonchev–Trinajstić information content (AvgIpc) is 3.34. The van der Waals surface area contributed by atoms with Gasteiger partial charge in [0.05, 0.1) is 0 Å². The molecule has 4 heteroatoms. The van der Waals surface area contributed by atoms with Gasteiger partial charge in [-0.15, -0.1) is 0 Å². The largest absolute Gasteiger partial charge is 0.481 e. The van der Waals surface area contributed by atoms with E-state index in [4.69, 9.17) is 0 Å². The van der Waals surface area contributed by atoms with E-state index in [1.807, 2.05) is 0 Å². The SMILES string of the molecule is CC/C=C(\CCC(=O)O)C1=CCC2(C)C(CCC3(C)C4CCC5(NCC(C)CO)CCC[C@@H]5C4CCC32)C1(C)C. The highest BCUT2D eigenvalue weighted by Crippen LogP contribution is 2.72. The maximum Gasteiger partial charge on any atom is 0.303 e. The van der Waals surface area contributed by atoms with E-state index in [-0.39, 0.29) is 18.4 Å². The lowest BCUT2D eigenvalue weighted by atomic mass is 9.37. The minimum absolute atomic E-state index is 0.0746. The Bertz CT molecular complexity index is 1010. The van der Waals surface area contributed by atoms with Crippen molar-refractivity contribution >= 4 is 5.97 Å². The summed E-state index contributed by atoms with van der Waals surface area (Å²) in [5.74, 6) is 3.57. The smallest absolute Gasteiger partial charge is 0.303 e. The third kappa shape index (κ3) is 4.85. The van der Waals surface area contributed by atoms with Crippen molar-refractivity contribution in [1.29, 1.82) is 0 Å². The second kappa shape index (κ2) is 11.2. The van der Waals surface area contributed by atoms with Crippen LogP contribution < -0.4 is 5.32 Å². The zero-order valence-electron chi connectivity index (χ0n) is 26.5. The van der Waals surface area contributed by atoms with Crippen LogP contribution in [0, 0.1) is 51.8 Å². The fourth-order valence-corrected chi connectivity index (χ4v) is 12.0. The number of hydrogen-bond donors (Lipinski definition) is 3. The number of fused-ring (bicyclic) bond motifs is 7. The lowest BCUT2D eigenvalue weighted by molar-refractivity contribution is -0.175. The summed E-state index contributed by atoms with van der Waals surface area (Å²) in [6, 6.07) is 0. The first-order valence-electron chi connectivity index (χ1n) is 16.9. The Hall–Kier alpha value is -1.13. The first-order valence-corrected chi connectivity index (χ1v) is 16.9. The minimum atomic E-state index is -0.692. The molecule has 226 valence electrons. The van der Waals surface area contributed by atoms with Crippen molar-refractivity contribution < 1.29 is 15.0 Å². The summed E-state index contributed by atoms with van der Waals surface area (Å²) >= 11 is 0. The summed E-state index contributed by atoms with van der Waals surface area (Å²) in [5, 5.41) is 23.1. The molecule has 4 nitrogen and oxygen atoms in total. The molecule has 5 aliphatic rings. The molecule has 0 bridgehead atoms. The molecule has 0 aromatic carbocycles. The molecule has 4 fully saturated rings. The van der Waals surface area contributed by atoms with E-state index in [0.717, 1.165) is 43.1 Å². The molecule has 0 aromatic rings. The van der Waals surface area contributed by atoms with E-state index in [1.165, 1.54) is 68.9 Å². The topological polar surface area (TPSA) is 69.6 Å². The Morgan fingerprint density at radius 2 is 1.77 bits per heavy atom. The monoisotopic (exact) mass is 553 g/mol. The van der Waals surface area contributed by atoms with E-state index in [2.05, 4.69) is 59.0 Å². The lowest BCUT2D eigenvalue weighted by Gasteiger charge is -2.68. The Balaban J connectivity index is 1.40. The molecule has 0 aliphatic heterocycles. The van der Waals surface area contributed by atoms with Gasteiger partial charge in [0.25, 0.3) is 0 Å². The fourth-order valence-electron chi connectivity index (χ4n) is 12.0. The summed E-state index contributed by atoms with van der Waals surface area (Å²) in [7, 11) is 0. The summed E-state index contributed by atoms with van der Waals surface area (Å²) in [6.07, 6.45) is 20.1. The average molecular weight is 554 g/mol. The molecule has 5 aliphatic carbocycles. The Kier molecular flexibility index (Phi) is 8.47. The Morgan fingerprint density at radius 3 is 2.48 bits per heavy atom. The third-order valence-corrected chi connectivity index (χ3v) is 13.6. The number of carboxylic acid groups (broad SMARTS) is 1. The first kappa shape index (κ1) is 30.3. The number of nitrogens with one attached hydrogen (secondary N) is 1. The van der Waals surface area contributed by atoms with Crippen molar-refractivity contribution in [2.24, 2.45) is 51.8 Å². The quantitative estimate of drug-likeness (QED) is 0.269. The van der Waals surface area contributed by atoms with E-state index in [9.17, 15) is 15.0 Å². The highest BCUT2D eigenvalue weighted by Gasteiger charge is 2.65. The molecule has 0 aromatic heterocycles. The number of rotatable bonds is 9. The molecule has 4 saturated carbocycles. The molecular weight excluding hydrogens is 494 g/mol. The molecule has 0 saturated heterocycles. The second-order valence-corrected chi connectivity index (χ2v) is 15.9. The zero-order valence-corrected chi connectivity index (χ0v) is 26.5. The summed E-state index contributed by atoms with van der Waals surface area (Å²) < 4.78 is 0. The van der Waals surface area contributed by atoms with Crippen molar-refractivity contribution in [3.63, 3.8) is 0 Å². The minimum Gasteiger partial charge on any atom is -0.481 e. The van der Waals surface area contributed by atoms with E-state index in [1.54, 1.807) is 0 Å². The van der Waals surface area contributed by atoms with Gasteiger partial charge >= 0.3 is 5.97 Å². The number of hydrogen-bond acceptors (Lipinski definition) is 3. The van der Waals surface area contributed by atoms with Crippen LogP contribution in [0.1, 0.15) is 125 Å². The Morgan fingerprint density at radius 1 is 1.00 bits per heavy atom. The van der Waals surface area contributed by atoms with Crippen LogP contribution in [0.2, 0.25) is 0 Å². The highest BCUT2D eigenvalue weighted by atomic mass is 16.4. The number of carboxylic acids is 1. The van der Waals surface area contributed by atoms with E-state index >= 15 is 0 Å². The van der Waals surface area contributed by atoms with Gasteiger partial charge in [0.2, 0.25) is 0 Å². The molecule has 3 N–H and O–H groups in total. The van der Waals surface area contributed by atoms with E-state index in [0.29, 0.717) is 34.6 Å². The third-order valence-electron chi connectivity index (χ3n) is 13.6. The van der Waals surface area contributed by atoms with Gasteiger partial charge in [-0.25, -0.2) is 0 Å². The molecule has 5 rings (SSSR count). The van der Waals surface area contributed by atoms with Gasteiger partial charge in [-0.1, -0.05) is 60.1 Å².